The third-order valence-corrected chi connectivity index (χ3v) is 2.93. The molecule has 5 nitrogen and oxygen atoms in total. The van der Waals surface area contributed by atoms with Gasteiger partial charge in [-0.05, 0) is 13.8 Å². The van der Waals surface area contributed by atoms with Gasteiger partial charge in [-0.1, -0.05) is 30.3 Å². The lowest BCUT2D eigenvalue weighted by Gasteiger charge is -1.99. The molecule has 0 amide bonds. The van der Waals surface area contributed by atoms with Gasteiger partial charge in [-0.3, -0.25) is 4.79 Å². The fourth-order valence-corrected chi connectivity index (χ4v) is 1.96. The van der Waals surface area contributed by atoms with Crippen LogP contribution in [-0.4, -0.2) is 25.4 Å². The van der Waals surface area contributed by atoms with Gasteiger partial charge in [0.15, 0.2) is 11.6 Å². The number of carbonyl (C=O) groups excluding carboxylic acids is 1. The Morgan fingerprint density at radius 1 is 1.16 bits per heavy atom. The Morgan fingerprint density at radius 3 is 2.58 bits per heavy atom. The number of carbonyl (C=O) groups is 1. The molecule has 0 saturated heterocycles. The normalized spacial score (nSPS) is 10.8. The van der Waals surface area contributed by atoms with Crippen LogP contribution < -0.4 is 0 Å². The molecule has 0 saturated carbocycles. The fraction of sp³-hybridized carbons (Fsp3) is 0.143. The number of ketones is 1. The highest BCUT2D eigenvalue weighted by molar-refractivity contribution is 5.94. The Labute approximate surface area is 109 Å². The van der Waals surface area contributed by atoms with Gasteiger partial charge in [-0.15, -0.1) is 5.10 Å². The van der Waals surface area contributed by atoms with E-state index in [1.54, 1.807) is 17.6 Å². The summed E-state index contributed by atoms with van der Waals surface area (Å²) in [5.74, 6) is 1.08. The lowest BCUT2D eigenvalue weighted by Crippen LogP contribution is -2.03. The molecular formula is C14H12N4O. The second kappa shape index (κ2) is 4.28. The van der Waals surface area contributed by atoms with E-state index in [-0.39, 0.29) is 5.78 Å². The minimum Gasteiger partial charge on any atom is -0.294 e. The van der Waals surface area contributed by atoms with Crippen LogP contribution in [0.25, 0.3) is 17.2 Å². The molecule has 3 aromatic rings. The number of aromatic nitrogens is 4. The third kappa shape index (κ3) is 1.99. The number of rotatable bonds is 2. The molecule has 0 spiro atoms. The third-order valence-electron chi connectivity index (χ3n) is 2.93. The van der Waals surface area contributed by atoms with E-state index >= 15 is 0 Å². The second-order valence-electron chi connectivity index (χ2n) is 4.34. The van der Waals surface area contributed by atoms with Crippen molar-refractivity contribution in [1.82, 2.24) is 19.6 Å². The maximum atomic E-state index is 11.5. The predicted octanol–water partition coefficient (Wildman–Crippen LogP) is 2.30. The van der Waals surface area contributed by atoms with Crippen LogP contribution in [0.15, 0.2) is 36.5 Å². The molecule has 0 radical (unpaired) electrons. The molecular weight excluding hydrogens is 240 g/mol. The van der Waals surface area contributed by atoms with Gasteiger partial charge < -0.3 is 0 Å². The molecule has 3 rings (SSSR count). The number of Topliss-reactive ketones (excluding diaryl/α,β-unsaturated/α-hetero) is 1. The molecule has 0 bridgehead atoms. The maximum absolute atomic E-state index is 11.5. The highest BCUT2D eigenvalue weighted by Gasteiger charge is 2.11. The highest BCUT2D eigenvalue weighted by atomic mass is 16.1. The van der Waals surface area contributed by atoms with Gasteiger partial charge in [0.05, 0.1) is 11.3 Å². The minimum atomic E-state index is -0.0244. The summed E-state index contributed by atoms with van der Waals surface area (Å²) in [4.78, 5) is 20.2. The van der Waals surface area contributed by atoms with Gasteiger partial charge >= 0.3 is 0 Å². The summed E-state index contributed by atoms with van der Waals surface area (Å²) in [5.41, 5.74) is 2.17. The van der Waals surface area contributed by atoms with Gasteiger partial charge in [0, 0.05) is 11.8 Å². The first-order valence-corrected chi connectivity index (χ1v) is 5.95. The van der Waals surface area contributed by atoms with Gasteiger partial charge in [-0.25, -0.2) is 9.50 Å². The summed E-state index contributed by atoms with van der Waals surface area (Å²) in [6, 6.07) is 9.68. The zero-order valence-electron chi connectivity index (χ0n) is 10.7. The first kappa shape index (κ1) is 11.5. The Bertz CT molecular complexity index is 762. The molecule has 2 aromatic heterocycles. The zero-order chi connectivity index (χ0) is 13.4. The average molecular weight is 252 g/mol. The number of nitrogens with zero attached hydrogens (tertiary/aromatic N) is 4. The number of fused-ring (bicyclic) bond motifs is 1. The van der Waals surface area contributed by atoms with E-state index in [1.165, 1.54) is 6.92 Å². The molecule has 2 heterocycles. The van der Waals surface area contributed by atoms with Crippen LogP contribution in [0.2, 0.25) is 0 Å². The predicted molar refractivity (Wildman–Crippen MR) is 71.0 cm³/mol. The van der Waals surface area contributed by atoms with Crippen LogP contribution in [0.1, 0.15) is 23.0 Å². The van der Waals surface area contributed by atoms with Crippen molar-refractivity contribution < 1.29 is 4.79 Å². The lowest BCUT2D eigenvalue weighted by atomic mass is 10.2. The number of hydrogen-bond acceptors (Lipinski definition) is 4. The molecule has 0 N–H and O–H groups in total. The van der Waals surface area contributed by atoms with E-state index in [1.807, 2.05) is 30.3 Å². The van der Waals surface area contributed by atoms with Crippen molar-refractivity contribution in [2.24, 2.45) is 0 Å². The van der Waals surface area contributed by atoms with E-state index in [0.717, 1.165) is 5.56 Å². The van der Waals surface area contributed by atoms with Crippen molar-refractivity contribution in [3.8, 4) is 11.4 Å². The smallest absolute Gasteiger partial charge is 0.252 e. The molecule has 94 valence electrons. The molecule has 0 aliphatic carbocycles. The summed E-state index contributed by atoms with van der Waals surface area (Å²) in [6.45, 7) is 3.32. The summed E-state index contributed by atoms with van der Waals surface area (Å²) >= 11 is 0. The molecule has 5 heteroatoms. The van der Waals surface area contributed by atoms with Crippen molar-refractivity contribution in [3.05, 3.63) is 47.8 Å². The van der Waals surface area contributed by atoms with Crippen molar-refractivity contribution in [3.63, 3.8) is 0 Å². The van der Waals surface area contributed by atoms with Crippen LogP contribution in [0.5, 0.6) is 0 Å². The average Bonchev–Trinajstić information content (AvgIpc) is 2.81. The van der Waals surface area contributed by atoms with Gasteiger partial charge in [0.2, 0.25) is 0 Å². The Balaban J connectivity index is 2.19. The molecule has 0 fully saturated rings. The van der Waals surface area contributed by atoms with E-state index in [0.29, 0.717) is 22.9 Å². The largest absolute Gasteiger partial charge is 0.294 e. The van der Waals surface area contributed by atoms with Gasteiger partial charge in [0.25, 0.3) is 5.78 Å². The SMILES string of the molecule is CC(=O)c1cn2nc(-c3ccccc3)nc2nc1C. The van der Waals surface area contributed by atoms with Crippen LogP contribution in [0.4, 0.5) is 0 Å². The number of benzene rings is 1. The summed E-state index contributed by atoms with van der Waals surface area (Å²) in [6.07, 6.45) is 1.68. The molecule has 0 aliphatic heterocycles. The first-order valence-electron chi connectivity index (χ1n) is 5.95. The fourth-order valence-electron chi connectivity index (χ4n) is 1.96. The zero-order valence-corrected chi connectivity index (χ0v) is 10.7. The van der Waals surface area contributed by atoms with Crippen molar-refractivity contribution in [2.45, 2.75) is 13.8 Å². The molecule has 1 aromatic carbocycles. The molecule has 0 aliphatic rings. The van der Waals surface area contributed by atoms with Crippen LogP contribution in [0.3, 0.4) is 0 Å². The second-order valence-corrected chi connectivity index (χ2v) is 4.34. The van der Waals surface area contributed by atoms with Crippen LogP contribution >= 0.6 is 0 Å². The summed E-state index contributed by atoms with van der Waals surface area (Å²) < 4.78 is 1.55. The van der Waals surface area contributed by atoms with Gasteiger partial charge in [-0.2, -0.15) is 4.98 Å². The maximum Gasteiger partial charge on any atom is 0.252 e. The number of hydrogen-bond donors (Lipinski definition) is 0. The molecule has 19 heavy (non-hydrogen) atoms. The standard InChI is InChI=1S/C14H12N4O/c1-9-12(10(2)19)8-18-14(15-9)16-13(17-18)11-6-4-3-5-7-11/h3-8H,1-2H3. The first-order chi connectivity index (χ1) is 9.15. The van der Waals surface area contributed by atoms with Crippen molar-refractivity contribution in [1.29, 1.82) is 0 Å². The minimum absolute atomic E-state index is 0.0244. The van der Waals surface area contributed by atoms with E-state index < -0.39 is 0 Å². The summed E-state index contributed by atoms with van der Waals surface area (Å²) in [7, 11) is 0. The van der Waals surface area contributed by atoms with Crippen LogP contribution in [-0.2, 0) is 0 Å². The Hall–Kier alpha value is -2.56. The van der Waals surface area contributed by atoms with E-state index in [2.05, 4.69) is 15.1 Å². The van der Waals surface area contributed by atoms with Gasteiger partial charge in [0.1, 0.15) is 0 Å². The van der Waals surface area contributed by atoms with Crippen molar-refractivity contribution >= 4 is 11.6 Å². The molecule has 0 unspecified atom stereocenters. The Morgan fingerprint density at radius 2 is 1.89 bits per heavy atom. The Kier molecular flexibility index (Phi) is 2.59. The van der Waals surface area contributed by atoms with E-state index in [9.17, 15) is 4.79 Å². The molecule has 0 atom stereocenters. The highest BCUT2D eigenvalue weighted by Crippen LogP contribution is 2.16. The van der Waals surface area contributed by atoms with Crippen LogP contribution in [0, 0.1) is 6.92 Å². The quantitative estimate of drug-likeness (QED) is 0.656. The van der Waals surface area contributed by atoms with Crippen molar-refractivity contribution in [2.75, 3.05) is 0 Å². The van der Waals surface area contributed by atoms with E-state index in [4.69, 9.17) is 0 Å². The topological polar surface area (TPSA) is 60.2 Å². The monoisotopic (exact) mass is 252 g/mol. The summed E-state index contributed by atoms with van der Waals surface area (Å²) in [5, 5.41) is 4.36. The lowest BCUT2D eigenvalue weighted by molar-refractivity contribution is 0.101. The number of aryl methyl sites for hydroxylation is 1.